The number of esters is 1. The number of nitrogens with zero attached hydrogens (tertiary/aromatic N) is 7. The third kappa shape index (κ3) is 5.37. The third-order valence-corrected chi connectivity index (χ3v) is 5.65. The van der Waals surface area contributed by atoms with Crippen LogP contribution < -0.4 is 15.4 Å². The predicted molar refractivity (Wildman–Crippen MR) is 140 cm³/mol. The average Bonchev–Trinajstić information content (AvgIpc) is 3.42. The lowest BCUT2D eigenvalue weighted by Crippen LogP contribution is -2.12. The lowest BCUT2D eigenvalue weighted by atomic mass is 10.1. The Morgan fingerprint density at radius 1 is 1.11 bits per heavy atom. The van der Waals surface area contributed by atoms with Gasteiger partial charge in [-0.15, -0.1) is 0 Å². The number of carbonyl (C=O) groups excluding carboxylic acids is 1. The fraction of sp³-hybridized carbons (Fsp3) is 0.360. The normalized spacial score (nSPS) is 10.9. The number of ether oxygens (including phenoxy) is 2. The molecule has 0 atom stereocenters. The SMILES string of the molecule is CCCn1nc(C)c(Nc2ncc(C(=O)OCC)c(Nc3cccc(-c4ncn(C)n4)c3OC)n2)c1C. The molecule has 12 heteroatoms. The van der Waals surface area contributed by atoms with Crippen molar-refractivity contribution in [2.75, 3.05) is 24.4 Å². The van der Waals surface area contributed by atoms with Crippen LogP contribution in [0, 0.1) is 13.8 Å². The van der Waals surface area contributed by atoms with Gasteiger partial charge in [0.2, 0.25) is 5.95 Å². The van der Waals surface area contributed by atoms with E-state index < -0.39 is 5.97 Å². The zero-order valence-electron chi connectivity index (χ0n) is 21.9. The van der Waals surface area contributed by atoms with Gasteiger partial charge in [0, 0.05) is 19.8 Å². The number of benzene rings is 1. The maximum Gasteiger partial charge on any atom is 0.343 e. The average molecular weight is 506 g/mol. The summed E-state index contributed by atoms with van der Waals surface area (Å²) in [5.41, 5.74) is 4.08. The lowest BCUT2D eigenvalue weighted by Gasteiger charge is -2.16. The topological polar surface area (TPSA) is 134 Å². The molecule has 0 unspecified atom stereocenters. The molecule has 0 spiro atoms. The Hall–Kier alpha value is -4.48. The molecule has 0 bridgehead atoms. The van der Waals surface area contributed by atoms with E-state index in [0.29, 0.717) is 28.8 Å². The molecule has 0 fully saturated rings. The molecule has 3 aromatic heterocycles. The van der Waals surface area contributed by atoms with Crippen LogP contribution >= 0.6 is 0 Å². The first-order chi connectivity index (χ1) is 17.9. The smallest absolute Gasteiger partial charge is 0.343 e. The van der Waals surface area contributed by atoms with Crippen LogP contribution in [0.5, 0.6) is 5.75 Å². The molecule has 0 saturated carbocycles. The summed E-state index contributed by atoms with van der Waals surface area (Å²) in [7, 11) is 3.35. The Labute approximate surface area is 215 Å². The van der Waals surface area contributed by atoms with E-state index in [4.69, 9.17) is 9.47 Å². The molecular weight excluding hydrogens is 474 g/mol. The molecular formula is C25H31N9O3. The second-order valence-corrected chi connectivity index (χ2v) is 8.32. The number of anilines is 4. The highest BCUT2D eigenvalue weighted by atomic mass is 16.5. The maximum absolute atomic E-state index is 12.7. The molecule has 4 rings (SSSR count). The van der Waals surface area contributed by atoms with Gasteiger partial charge >= 0.3 is 5.97 Å². The molecule has 0 aliphatic carbocycles. The Morgan fingerprint density at radius 2 is 1.92 bits per heavy atom. The number of aryl methyl sites for hydroxylation is 3. The van der Waals surface area contributed by atoms with Gasteiger partial charge in [-0.2, -0.15) is 15.2 Å². The molecule has 0 aliphatic rings. The van der Waals surface area contributed by atoms with Gasteiger partial charge in [-0.05, 0) is 39.3 Å². The highest BCUT2D eigenvalue weighted by molar-refractivity contribution is 5.96. The van der Waals surface area contributed by atoms with Crippen molar-refractivity contribution in [3.63, 3.8) is 0 Å². The predicted octanol–water partition coefficient (Wildman–Crippen LogP) is 4.17. The molecule has 0 saturated heterocycles. The van der Waals surface area contributed by atoms with E-state index in [2.05, 4.69) is 42.7 Å². The van der Waals surface area contributed by atoms with Gasteiger partial charge in [-0.1, -0.05) is 13.0 Å². The molecule has 1 aromatic carbocycles. The summed E-state index contributed by atoms with van der Waals surface area (Å²) in [6, 6.07) is 5.52. The minimum absolute atomic E-state index is 0.186. The van der Waals surface area contributed by atoms with Crippen LogP contribution in [0.15, 0.2) is 30.7 Å². The van der Waals surface area contributed by atoms with Gasteiger partial charge in [0.05, 0.1) is 42.0 Å². The minimum atomic E-state index is -0.541. The second kappa shape index (κ2) is 11.1. The number of hydrogen-bond donors (Lipinski definition) is 2. The molecule has 12 nitrogen and oxygen atoms in total. The van der Waals surface area contributed by atoms with Gasteiger partial charge in [-0.3, -0.25) is 9.36 Å². The standard InChI is InChI=1S/C25H31N9O3/c1-7-12-34-16(4)20(15(3)31-34)29-25-26-13-18(24(35)37-8-2)23(30-25)28-19-11-9-10-17(21(19)36-6)22-27-14-33(5)32-22/h9-11,13-14H,7-8,12H2,1-6H3,(H2,26,28,29,30). The Balaban J connectivity index is 1.74. The van der Waals surface area contributed by atoms with Crippen molar-refractivity contribution in [2.24, 2.45) is 7.05 Å². The highest BCUT2D eigenvalue weighted by Gasteiger charge is 2.21. The van der Waals surface area contributed by atoms with Crippen molar-refractivity contribution in [1.29, 1.82) is 0 Å². The van der Waals surface area contributed by atoms with Gasteiger partial charge in [0.25, 0.3) is 0 Å². The molecule has 4 aromatic rings. The molecule has 0 amide bonds. The number of rotatable bonds is 10. The van der Waals surface area contributed by atoms with Crippen LogP contribution in [0.3, 0.4) is 0 Å². The summed E-state index contributed by atoms with van der Waals surface area (Å²) in [4.78, 5) is 26.1. The number of nitrogens with one attached hydrogen (secondary N) is 2. The van der Waals surface area contributed by atoms with Crippen LogP contribution in [0.1, 0.15) is 42.0 Å². The van der Waals surface area contributed by atoms with Crippen LogP contribution in [-0.4, -0.2) is 54.2 Å². The fourth-order valence-electron chi connectivity index (χ4n) is 3.94. The fourth-order valence-corrected chi connectivity index (χ4v) is 3.94. The van der Waals surface area contributed by atoms with E-state index in [-0.39, 0.29) is 18.0 Å². The van der Waals surface area contributed by atoms with Crippen molar-refractivity contribution in [3.05, 3.63) is 47.7 Å². The summed E-state index contributed by atoms with van der Waals surface area (Å²) >= 11 is 0. The molecule has 0 aliphatic heterocycles. The van der Waals surface area contributed by atoms with E-state index in [1.807, 2.05) is 36.7 Å². The van der Waals surface area contributed by atoms with Crippen LogP contribution in [0.2, 0.25) is 0 Å². The van der Waals surface area contributed by atoms with Gasteiger partial charge in [0.15, 0.2) is 17.4 Å². The lowest BCUT2D eigenvalue weighted by molar-refractivity contribution is 0.0526. The largest absolute Gasteiger partial charge is 0.494 e. The van der Waals surface area contributed by atoms with Crippen molar-refractivity contribution < 1.29 is 14.3 Å². The number of para-hydroxylation sites is 1. The van der Waals surface area contributed by atoms with Crippen LogP contribution in [-0.2, 0) is 18.3 Å². The summed E-state index contributed by atoms with van der Waals surface area (Å²) in [5, 5.41) is 15.5. The summed E-state index contributed by atoms with van der Waals surface area (Å²) < 4.78 is 14.5. The van der Waals surface area contributed by atoms with Crippen molar-refractivity contribution in [3.8, 4) is 17.1 Å². The summed E-state index contributed by atoms with van der Waals surface area (Å²) in [6.45, 7) is 8.80. The molecule has 194 valence electrons. The molecule has 3 heterocycles. The number of methoxy groups -OCH3 is 1. The first kappa shape index (κ1) is 25.6. The second-order valence-electron chi connectivity index (χ2n) is 8.32. The van der Waals surface area contributed by atoms with E-state index in [9.17, 15) is 4.79 Å². The molecule has 2 N–H and O–H groups in total. The monoisotopic (exact) mass is 505 g/mol. The number of carbonyl (C=O) groups is 1. The van der Waals surface area contributed by atoms with Gasteiger partial charge in [0.1, 0.15) is 11.9 Å². The first-order valence-electron chi connectivity index (χ1n) is 12.0. The van der Waals surface area contributed by atoms with E-state index >= 15 is 0 Å². The minimum Gasteiger partial charge on any atom is -0.494 e. The maximum atomic E-state index is 12.7. The van der Waals surface area contributed by atoms with E-state index in [1.165, 1.54) is 6.20 Å². The summed E-state index contributed by atoms with van der Waals surface area (Å²) in [5.74, 6) is 1.04. The first-order valence-corrected chi connectivity index (χ1v) is 12.0. The van der Waals surface area contributed by atoms with E-state index in [1.54, 1.807) is 32.1 Å². The van der Waals surface area contributed by atoms with Crippen molar-refractivity contribution in [1.82, 2.24) is 34.5 Å². The van der Waals surface area contributed by atoms with Crippen molar-refractivity contribution >= 4 is 29.1 Å². The zero-order valence-corrected chi connectivity index (χ0v) is 21.9. The van der Waals surface area contributed by atoms with Crippen LogP contribution in [0.25, 0.3) is 11.4 Å². The number of aromatic nitrogens is 7. The van der Waals surface area contributed by atoms with Crippen molar-refractivity contribution in [2.45, 2.75) is 40.7 Å². The van der Waals surface area contributed by atoms with Crippen LogP contribution in [0.4, 0.5) is 23.1 Å². The van der Waals surface area contributed by atoms with Gasteiger partial charge < -0.3 is 20.1 Å². The number of hydrogen-bond acceptors (Lipinski definition) is 10. The Kier molecular flexibility index (Phi) is 7.66. The van der Waals surface area contributed by atoms with E-state index in [0.717, 1.165) is 30.0 Å². The molecule has 0 radical (unpaired) electrons. The zero-order chi connectivity index (χ0) is 26.5. The third-order valence-electron chi connectivity index (χ3n) is 5.65. The highest BCUT2D eigenvalue weighted by Crippen LogP contribution is 2.37. The Bertz CT molecular complexity index is 1410. The Morgan fingerprint density at radius 3 is 2.59 bits per heavy atom. The van der Waals surface area contributed by atoms with Gasteiger partial charge in [-0.25, -0.2) is 14.8 Å². The quantitative estimate of drug-likeness (QED) is 0.302. The summed E-state index contributed by atoms with van der Waals surface area (Å²) in [6.07, 6.45) is 4.02. The molecule has 37 heavy (non-hydrogen) atoms.